The van der Waals surface area contributed by atoms with E-state index in [2.05, 4.69) is 30.6 Å². The molecule has 13 heteroatoms. The van der Waals surface area contributed by atoms with E-state index in [-0.39, 0.29) is 18.2 Å². The number of amides is 3. The van der Waals surface area contributed by atoms with E-state index in [4.69, 9.17) is 14.2 Å². The number of carbonyl (C=O) groups excluding carboxylic acids is 2. The van der Waals surface area contributed by atoms with Gasteiger partial charge in [-0.3, -0.25) is 10.6 Å². The number of anilines is 3. The first-order chi connectivity index (χ1) is 17.5. The van der Waals surface area contributed by atoms with Crippen molar-refractivity contribution in [3.8, 4) is 5.88 Å². The Balaban J connectivity index is 1.31. The van der Waals surface area contributed by atoms with Gasteiger partial charge in [-0.15, -0.1) is 0 Å². The Morgan fingerprint density at radius 2 is 1.97 bits per heavy atom. The van der Waals surface area contributed by atoms with Gasteiger partial charge < -0.3 is 24.0 Å². The lowest BCUT2D eigenvalue weighted by Crippen LogP contribution is -2.50. The third-order valence-electron chi connectivity index (χ3n) is 6.02. The highest BCUT2D eigenvalue weighted by molar-refractivity contribution is 5.88. The molecule has 0 aliphatic carbocycles. The highest BCUT2D eigenvalue weighted by Gasteiger charge is 2.28. The fraction of sp³-hybridized carbons (Fsp3) is 0.565. The summed E-state index contributed by atoms with van der Waals surface area (Å²) in [5.41, 5.74) is 0. The van der Waals surface area contributed by atoms with Gasteiger partial charge in [-0.2, -0.15) is 4.98 Å². The smallest absolute Gasteiger partial charge is 0.413 e. The molecule has 2 aliphatic rings. The largest absolute Gasteiger partial charge is 0.477 e. The van der Waals surface area contributed by atoms with Crippen LogP contribution in [0.4, 0.5) is 27.2 Å². The van der Waals surface area contributed by atoms with Gasteiger partial charge in [0.15, 0.2) is 5.82 Å². The lowest BCUT2D eigenvalue weighted by atomic mass is 10.1. The molecule has 3 amide bonds. The van der Waals surface area contributed by atoms with Gasteiger partial charge in [0.1, 0.15) is 11.9 Å². The van der Waals surface area contributed by atoms with Crippen molar-refractivity contribution in [1.29, 1.82) is 0 Å². The minimum Gasteiger partial charge on any atom is -0.477 e. The summed E-state index contributed by atoms with van der Waals surface area (Å²) >= 11 is 0. The minimum absolute atomic E-state index is 0.0619. The third-order valence-corrected chi connectivity index (χ3v) is 6.02. The molecular weight excluding hydrogens is 468 g/mol. The molecule has 0 unspecified atom stereocenters. The highest BCUT2D eigenvalue weighted by atomic mass is 16.6. The number of rotatable bonds is 7. The Bertz CT molecular complexity index is 1020. The number of nitrogens with zero attached hydrogens (tertiary/aromatic N) is 6. The molecule has 0 radical (unpaired) electrons. The second-order valence-electron chi connectivity index (χ2n) is 8.54. The molecule has 194 valence electrons. The number of nitrogens with one attached hydrogen (secondary N) is 2. The molecule has 4 heterocycles. The fourth-order valence-corrected chi connectivity index (χ4v) is 4.07. The molecule has 13 nitrogen and oxygen atoms in total. The van der Waals surface area contributed by atoms with Crippen LogP contribution in [0.3, 0.4) is 0 Å². The molecule has 1 atom stereocenters. The number of aromatic nitrogens is 4. The number of piperidine rings is 1. The summed E-state index contributed by atoms with van der Waals surface area (Å²) in [4.78, 5) is 45.9. The van der Waals surface area contributed by atoms with Crippen molar-refractivity contribution in [3.05, 3.63) is 24.7 Å². The quantitative estimate of drug-likeness (QED) is 0.582. The van der Waals surface area contributed by atoms with Gasteiger partial charge in [0.2, 0.25) is 11.8 Å². The Kier molecular flexibility index (Phi) is 8.66. The Morgan fingerprint density at radius 3 is 2.72 bits per heavy atom. The molecule has 2 aromatic rings. The van der Waals surface area contributed by atoms with Crippen LogP contribution in [0.5, 0.6) is 5.88 Å². The molecule has 0 aromatic carbocycles. The molecule has 2 saturated heterocycles. The summed E-state index contributed by atoms with van der Waals surface area (Å²) in [5, 5.41) is 5.45. The van der Waals surface area contributed by atoms with Crippen LogP contribution in [0.1, 0.15) is 32.6 Å². The summed E-state index contributed by atoms with van der Waals surface area (Å²) in [7, 11) is 1.75. The van der Waals surface area contributed by atoms with E-state index in [0.29, 0.717) is 62.7 Å². The van der Waals surface area contributed by atoms with E-state index >= 15 is 0 Å². The first-order valence-electron chi connectivity index (χ1n) is 12.1. The van der Waals surface area contributed by atoms with Crippen LogP contribution in [0, 0.1) is 0 Å². The van der Waals surface area contributed by atoms with Crippen LogP contribution in [0.2, 0.25) is 0 Å². The van der Waals surface area contributed by atoms with Crippen LogP contribution < -0.4 is 20.3 Å². The van der Waals surface area contributed by atoms with E-state index in [0.717, 1.165) is 19.4 Å². The van der Waals surface area contributed by atoms with Crippen LogP contribution in [0.25, 0.3) is 0 Å². The second-order valence-corrected chi connectivity index (χ2v) is 8.54. The lowest BCUT2D eigenvalue weighted by Gasteiger charge is -2.37. The zero-order chi connectivity index (χ0) is 25.3. The van der Waals surface area contributed by atoms with Crippen LogP contribution in [-0.4, -0.2) is 89.1 Å². The van der Waals surface area contributed by atoms with Crippen LogP contribution in [-0.2, 0) is 9.47 Å². The molecule has 0 bridgehead atoms. The van der Waals surface area contributed by atoms with E-state index in [1.165, 1.54) is 12.4 Å². The summed E-state index contributed by atoms with van der Waals surface area (Å²) in [6.07, 6.45) is 6.89. The number of hydrogen-bond donors (Lipinski definition) is 2. The third kappa shape index (κ3) is 6.90. The topological polar surface area (TPSA) is 144 Å². The monoisotopic (exact) mass is 500 g/mol. The summed E-state index contributed by atoms with van der Waals surface area (Å²) in [6.45, 7) is 4.82. The molecule has 0 spiro atoms. The van der Waals surface area contributed by atoms with Gasteiger partial charge in [-0.1, -0.05) is 0 Å². The summed E-state index contributed by atoms with van der Waals surface area (Å²) in [5.74, 6) is 1.59. The predicted molar refractivity (Wildman–Crippen MR) is 131 cm³/mol. The average Bonchev–Trinajstić information content (AvgIpc) is 2.90. The average molecular weight is 501 g/mol. The van der Waals surface area contributed by atoms with Gasteiger partial charge in [0, 0.05) is 39.2 Å². The Morgan fingerprint density at radius 1 is 1.14 bits per heavy atom. The van der Waals surface area contributed by atoms with Crippen molar-refractivity contribution in [2.75, 3.05) is 55.5 Å². The van der Waals surface area contributed by atoms with Crippen molar-refractivity contribution in [2.45, 2.75) is 44.8 Å². The van der Waals surface area contributed by atoms with Gasteiger partial charge in [0.05, 0.1) is 38.3 Å². The molecule has 2 aromatic heterocycles. The highest BCUT2D eigenvalue weighted by Crippen LogP contribution is 2.21. The van der Waals surface area contributed by atoms with E-state index in [1.807, 2.05) is 11.8 Å². The van der Waals surface area contributed by atoms with Crippen molar-refractivity contribution in [2.24, 2.45) is 0 Å². The Hall–Kier alpha value is -3.74. The van der Waals surface area contributed by atoms with Crippen LogP contribution >= 0.6 is 0 Å². The minimum atomic E-state index is -0.545. The zero-order valence-corrected chi connectivity index (χ0v) is 20.6. The number of urea groups is 1. The van der Waals surface area contributed by atoms with E-state index < -0.39 is 6.09 Å². The maximum atomic E-state index is 12.8. The molecule has 2 fully saturated rings. The van der Waals surface area contributed by atoms with Crippen molar-refractivity contribution in [3.63, 3.8) is 0 Å². The SMILES string of the molecule is CCOc1cnc(NC(=O)N(C)[C@@H]2CCCN(c3nccc(NC(=O)OC4CCOCC4)n3)C2)cn1. The van der Waals surface area contributed by atoms with Gasteiger partial charge in [-0.05, 0) is 25.8 Å². The molecular formula is C23H32N8O5. The molecule has 0 saturated carbocycles. The van der Waals surface area contributed by atoms with Gasteiger partial charge >= 0.3 is 12.1 Å². The number of likely N-dealkylation sites (N-methyl/N-ethyl adjacent to an activating group) is 1. The maximum absolute atomic E-state index is 12.8. The predicted octanol–water partition coefficient (Wildman–Crippen LogP) is 2.53. The lowest BCUT2D eigenvalue weighted by molar-refractivity contribution is 0.00590. The zero-order valence-electron chi connectivity index (χ0n) is 20.6. The van der Waals surface area contributed by atoms with Crippen molar-refractivity contribution >= 4 is 29.7 Å². The van der Waals surface area contributed by atoms with Crippen LogP contribution in [0.15, 0.2) is 24.7 Å². The normalized spacial score (nSPS) is 18.3. The number of carbonyl (C=O) groups is 2. The first kappa shape index (κ1) is 25.4. The van der Waals surface area contributed by atoms with Gasteiger partial charge in [0.25, 0.3) is 0 Å². The first-order valence-corrected chi connectivity index (χ1v) is 12.1. The van der Waals surface area contributed by atoms with Crippen molar-refractivity contribution < 1.29 is 23.8 Å². The second kappa shape index (κ2) is 12.3. The maximum Gasteiger partial charge on any atom is 0.413 e. The summed E-state index contributed by atoms with van der Waals surface area (Å²) in [6, 6.07) is 1.27. The molecule has 4 rings (SSSR count). The standard InChI is InChI=1S/C23H32N8O5/c1-3-35-20-14-25-19(13-26-20)28-22(32)30(2)16-5-4-10-31(15-16)21-24-9-6-18(27-21)29-23(33)36-17-7-11-34-12-8-17/h6,9,13-14,16-17H,3-5,7-8,10-12,15H2,1-2H3,(H,25,28,32)(H,24,27,29,33)/t16-/m1/s1. The van der Waals surface area contributed by atoms with E-state index in [9.17, 15) is 9.59 Å². The molecule has 2 aliphatic heterocycles. The number of hydrogen-bond acceptors (Lipinski definition) is 10. The van der Waals surface area contributed by atoms with Gasteiger partial charge in [-0.25, -0.2) is 24.5 Å². The van der Waals surface area contributed by atoms with E-state index in [1.54, 1.807) is 24.2 Å². The Labute approximate surface area is 209 Å². The summed E-state index contributed by atoms with van der Waals surface area (Å²) < 4.78 is 16.0. The molecule has 2 N–H and O–H groups in total. The number of ether oxygens (including phenoxy) is 3. The van der Waals surface area contributed by atoms with Crippen molar-refractivity contribution in [1.82, 2.24) is 24.8 Å². The fourth-order valence-electron chi connectivity index (χ4n) is 4.07. The molecule has 36 heavy (non-hydrogen) atoms.